The fourth-order valence-corrected chi connectivity index (χ4v) is 1.54. The van der Waals surface area contributed by atoms with Crippen molar-refractivity contribution in [2.75, 3.05) is 0 Å². The van der Waals surface area contributed by atoms with Crippen LogP contribution in [0.3, 0.4) is 0 Å². The van der Waals surface area contributed by atoms with Crippen LogP contribution in [0, 0.1) is 0 Å². The Bertz CT molecular complexity index is 696. The van der Waals surface area contributed by atoms with Crippen molar-refractivity contribution in [3.05, 3.63) is 59.9 Å². The molecular formula is C15H13N3O4. The standard InChI is InChI=1S/C15H13N3O4/c1-10(19)21-13-4-2-12(3-5-13)15(20)22-18-14(16)11-6-8-17-9-7-11/h2-9H,1H3,(H2,16,18). The molecule has 0 aliphatic rings. The lowest BCUT2D eigenvalue weighted by Gasteiger charge is -2.03. The number of amidine groups is 1. The number of nitrogens with two attached hydrogens (primary N) is 1. The molecule has 0 saturated carbocycles. The van der Waals surface area contributed by atoms with E-state index in [-0.39, 0.29) is 11.4 Å². The first-order valence-electron chi connectivity index (χ1n) is 6.30. The van der Waals surface area contributed by atoms with Gasteiger partial charge in [-0.1, -0.05) is 5.16 Å². The normalized spacial score (nSPS) is 10.9. The average Bonchev–Trinajstić information content (AvgIpc) is 2.53. The first-order chi connectivity index (χ1) is 10.6. The zero-order valence-electron chi connectivity index (χ0n) is 11.7. The summed E-state index contributed by atoms with van der Waals surface area (Å²) in [5, 5.41) is 3.57. The molecule has 2 aromatic rings. The minimum absolute atomic E-state index is 0.0623. The van der Waals surface area contributed by atoms with Gasteiger partial charge in [0.1, 0.15) is 5.75 Å². The highest BCUT2D eigenvalue weighted by Gasteiger charge is 2.09. The maximum absolute atomic E-state index is 11.8. The molecule has 1 heterocycles. The Morgan fingerprint density at radius 1 is 1.05 bits per heavy atom. The van der Waals surface area contributed by atoms with E-state index in [0.29, 0.717) is 11.3 Å². The van der Waals surface area contributed by atoms with E-state index in [1.807, 2.05) is 0 Å². The molecule has 22 heavy (non-hydrogen) atoms. The van der Waals surface area contributed by atoms with E-state index >= 15 is 0 Å². The predicted molar refractivity (Wildman–Crippen MR) is 78.1 cm³/mol. The molecule has 2 rings (SSSR count). The van der Waals surface area contributed by atoms with Crippen LogP contribution in [0.5, 0.6) is 5.75 Å². The second-order valence-electron chi connectivity index (χ2n) is 4.21. The van der Waals surface area contributed by atoms with Crippen LogP contribution in [0.2, 0.25) is 0 Å². The Balaban J connectivity index is 2.01. The van der Waals surface area contributed by atoms with Crippen molar-refractivity contribution in [2.24, 2.45) is 10.9 Å². The number of pyridine rings is 1. The van der Waals surface area contributed by atoms with Crippen molar-refractivity contribution in [1.29, 1.82) is 0 Å². The molecule has 0 atom stereocenters. The molecule has 0 radical (unpaired) electrons. The number of nitrogens with zero attached hydrogens (tertiary/aromatic N) is 2. The fraction of sp³-hybridized carbons (Fsp3) is 0.0667. The molecule has 7 nitrogen and oxygen atoms in total. The Morgan fingerprint density at radius 2 is 1.68 bits per heavy atom. The number of benzene rings is 1. The third-order valence-corrected chi connectivity index (χ3v) is 2.55. The van der Waals surface area contributed by atoms with Gasteiger partial charge in [0.15, 0.2) is 5.84 Å². The van der Waals surface area contributed by atoms with Crippen molar-refractivity contribution in [3.63, 3.8) is 0 Å². The number of rotatable bonds is 4. The highest BCUT2D eigenvalue weighted by atomic mass is 16.7. The van der Waals surface area contributed by atoms with E-state index in [0.717, 1.165) is 0 Å². The van der Waals surface area contributed by atoms with E-state index in [1.54, 1.807) is 24.5 Å². The van der Waals surface area contributed by atoms with Crippen molar-refractivity contribution < 1.29 is 19.2 Å². The van der Waals surface area contributed by atoms with Gasteiger partial charge in [0, 0.05) is 24.9 Å². The SMILES string of the molecule is CC(=O)Oc1ccc(C(=O)O/N=C(\N)c2ccncc2)cc1. The highest BCUT2D eigenvalue weighted by molar-refractivity contribution is 5.98. The molecule has 1 aromatic heterocycles. The van der Waals surface area contributed by atoms with Crippen molar-refractivity contribution in [2.45, 2.75) is 6.92 Å². The summed E-state index contributed by atoms with van der Waals surface area (Å²) in [6.45, 7) is 1.29. The average molecular weight is 299 g/mol. The fourth-order valence-electron chi connectivity index (χ4n) is 1.54. The van der Waals surface area contributed by atoms with Gasteiger partial charge in [0.2, 0.25) is 0 Å². The summed E-state index contributed by atoms with van der Waals surface area (Å²) in [4.78, 5) is 31.2. The summed E-state index contributed by atoms with van der Waals surface area (Å²) in [5.74, 6) is -0.715. The van der Waals surface area contributed by atoms with Crippen molar-refractivity contribution in [1.82, 2.24) is 4.98 Å². The van der Waals surface area contributed by atoms with E-state index in [9.17, 15) is 9.59 Å². The minimum Gasteiger partial charge on any atom is -0.427 e. The van der Waals surface area contributed by atoms with Gasteiger partial charge in [0.25, 0.3) is 0 Å². The van der Waals surface area contributed by atoms with Crippen LogP contribution in [-0.2, 0) is 9.63 Å². The number of ether oxygens (including phenoxy) is 1. The molecule has 112 valence electrons. The topological polar surface area (TPSA) is 104 Å². The van der Waals surface area contributed by atoms with Crippen LogP contribution in [0.25, 0.3) is 0 Å². The molecule has 0 aliphatic carbocycles. The third-order valence-electron chi connectivity index (χ3n) is 2.55. The van der Waals surface area contributed by atoms with Gasteiger partial charge in [-0.3, -0.25) is 9.78 Å². The van der Waals surface area contributed by atoms with E-state index in [2.05, 4.69) is 10.1 Å². The number of oxime groups is 1. The molecule has 0 fully saturated rings. The zero-order chi connectivity index (χ0) is 15.9. The zero-order valence-corrected chi connectivity index (χ0v) is 11.7. The second-order valence-corrected chi connectivity index (χ2v) is 4.21. The molecule has 0 unspecified atom stereocenters. The maximum Gasteiger partial charge on any atom is 0.365 e. The molecule has 1 aromatic carbocycles. The number of hydrogen-bond acceptors (Lipinski definition) is 6. The Hall–Kier alpha value is -3.22. The summed E-state index contributed by atoms with van der Waals surface area (Å²) < 4.78 is 4.86. The van der Waals surface area contributed by atoms with Gasteiger partial charge in [-0.2, -0.15) is 0 Å². The van der Waals surface area contributed by atoms with Gasteiger partial charge in [0.05, 0.1) is 5.56 Å². The highest BCUT2D eigenvalue weighted by Crippen LogP contribution is 2.13. The first kappa shape index (κ1) is 15.2. The number of hydrogen-bond donors (Lipinski definition) is 1. The quantitative estimate of drug-likeness (QED) is 0.229. The minimum atomic E-state index is -0.675. The van der Waals surface area contributed by atoms with E-state index < -0.39 is 11.9 Å². The Kier molecular flexibility index (Phi) is 4.81. The van der Waals surface area contributed by atoms with Gasteiger partial charge in [-0.05, 0) is 36.4 Å². The van der Waals surface area contributed by atoms with Gasteiger partial charge in [-0.25, -0.2) is 4.79 Å². The number of aromatic nitrogens is 1. The molecular weight excluding hydrogens is 286 g/mol. The maximum atomic E-state index is 11.8. The number of carbonyl (C=O) groups excluding carboxylic acids is 2. The number of carbonyl (C=O) groups is 2. The van der Waals surface area contributed by atoms with E-state index in [1.165, 1.54) is 31.2 Å². The molecule has 0 aliphatic heterocycles. The number of esters is 1. The van der Waals surface area contributed by atoms with Crippen molar-refractivity contribution >= 4 is 17.8 Å². The van der Waals surface area contributed by atoms with Gasteiger partial charge < -0.3 is 15.3 Å². The van der Waals surface area contributed by atoms with Crippen LogP contribution >= 0.6 is 0 Å². The molecule has 0 saturated heterocycles. The van der Waals surface area contributed by atoms with E-state index in [4.69, 9.17) is 15.3 Å². The van der Waals surface area contributed by atoms with Crippen LogP contribution in [-0.4, -0.2) is 22.8 Å². The van der Waals surface area contributed by atoms with Crippen LogP contribution in [0.15, 0.2) is 53.9 Å². The molecule has 0 bridgehead atoms. The smallest absolute Gasteiger partial charge is 0.365 e. The summed E-state index contributed by atoms with van der Waals surface area (Å²) in [5.41, 5.74) is 6.53. The Labute approximate surface area is 126 Å². The molecule has 2 N–H and O–H groups in total. The lowest BCUT2D eigenvalue weighted by Crippen LogP contribution is -2.15. The monoisotopic (exact) mass is 299 g/mol. The lowest BCUT2D eigenvalue weighted by molar-refractivity contribution is -0.131. The molecule has 0 spiro atoms. The summed E-state index contributed by atoms with van der Waals surface area (Å²) in [6, 6.07) is 9.15. The first-order valence-corrected chi connectivity index (χ1v) is 6.30. The molecule has 0 amide bonds. The summed E-state index contributed by atoms with van der Waals surface area (Å²) >= 11 is 0. The largest absolute Gasteiger partial charge is 0.427 e. The van der Waals surface area contributed by atoms with Crippen LogP contribution in [0.1, 0.15) is 22.8 Å². The Morgan fingerprint density at radius 3 is 2.27 bits per heavy atom. The van der Waals surface area contributed by atoms with Gasteiger partial charge >= 0.3 is 11.9 Å². The summed E-state index contributed by atoms with van der Waals surface area (Å²) in [7, 11) is 0. The van der Waals surface area contributed by atoms with Crippen LogP contribution < -0.4 is 10.5 Å². The van der Waals surface area contributed by atoms with Crippen LogP contribution in [0.4, 0.5) is 0 Å². The third kappa shape index (κ3) is 4.14. The molecule has 7 heteroatoms. The lowest BCUT2D eigenvalue weighted by atomic mass is 10.2. The van der Waals surface area contributed by atoms with Gasteiger partial charge in [-0.15, -0.1) is 0 Å². The second kappa shape index (κ2) is 6.98. The predicted octanol–water partition coefficient (Wildman–Crippen LogP) is 1.48. The summed E-state index contributed by atoms with van der Waals surface area (Å²) in [6.07, 6.45) is 3.10. The van der Waals surface area contributed by atoms with Crippen molar-refractivity contribution in [3.8, 4) is 5.75 Å².